The van der Waals surface area contributed by atoms with E-state index in [9.17, 15) is 29.3 Å². The highest BCUT2D eigenvalue weighted by Gasteiger charge is 2.20. The number of amides is 3. The fourth-order valence-electron chi connectivity index (χ4n) is 1.95. The highest BCUT2D eigenvalue weighted by Crippen LogP contribution is 2.28. The van der Waals surface area contributed by atoms with Crippen molar-refractivity contribution in [1.82, 2.24) is 5.32 Å². The Hall–Kier alpha value is -4.00. The third-order valence-corrected chi connectivity index (χ3v) is 4.24. The van der Waals surface area contributed by atoms with Gasteiger partial charge >= 0.3 is 23.9 Å². The van der Waals surface area contributed by atoms with Gasteiger partial charge in [0.1, 0.15) is 5.00 Å². The predicted octanol–water partition coefficient (Wildman–Crippen LogP) is 1.70. The number of carboxylic acid groups (broad SMARTS) is 2. The molecular weight excluding hydrogens is 396 g/mol. The number of hydrogen-bond acceptors (Lipinski definition) is 7. The van der Waals surface area contributed by atoms with Gasteiger partial charge in [-0.15, -0.1) is 11.3 Å². The molecule has 0 fully saturated rings. The topological polar surface area (TPSA) is 188 Å². The van der Waals surface area contributed by atoms with Crippen molar-refractivity contribution in [3.05, 3.63) is 50.9 Å². The Morgan fingerprint density at radius 2 is 1.71 bits per heavy atom. The summed E-state index contributed by atoms with van der Waals surface area (Å²) in [6, 6.07) is 5.64. The second-order valence-electron chi connectivity index (χ2n) is 5.13. The molecule has 0 saturated carbocycles. The summed E-state index contributed by atoms with van der Waals surface area (Å²) >= 11 is 0.793. The highest BCUT2D eigenvalue weighted by molar-refractivity contribution is 7.16. The first kappa shape index (κ1) is 20.3. The van der Waals surface area contributed by atoms with Crippen molar-refractivity contribution in [1.29, 1.82) is 0 Å². The fraction of sp³-hybridized carbons (Fsp3) is 0.0667. The van der Waals surface area contributed by atoms with E-state index in [1.807, 2.05) is 5.32 Å². The van der Waals surface area contributed by atoms with Gasteiger partial charge in [-0.2, -0.15) is 0 Å². The summed E-state index contributed by atoms with van der Waals surface area (Å²) in [5.41, 5.74) is -0.149. The standard InChI is InChI=1S/C15H12N4O8S/c20-11(14(23)24)18-12-10(13(21)22)5-9(28-12)6-16-15(25)17-7-1-3-8(4-2-7)19(26)27/h1-5H,6H2,(H,18,20)(H,21,22)(H,23,24)(H2,16,17,25). The van der Waals surface area contributed by atoms with Crippen LogP contribution in [0, 0.1) is 10.1 Å². The molecule has 0 atom stereocenters. The Kier molecular flexibility index (Phi) is 6.23. The Bertz CT molecular complexity index is 953. The van der Waals surface area contributed by atoms with Crippen molar-refractivity contribution in [2.75, 3.05) is 10.6 Å². The second kappa shape index (κ2) is 8.59. The molecule has 0 aliphatic carbocycles. The molecule has 0 unspecified atom stereocenters. The minimum Gasteiger partial charge on any atom is -0.478 e. The van der Waals surface area contributed by atoms with Gasteiger partial charge < -0.3 is 26.2 Å². The first-order valence-corrected chi connectivity index (χ1v) is 8.18. The lowest BCUT2D eigenvalue weighted by molar-refractivity contribution is -0.384. The highest BCUT2D eigenvalue weighted by atomic mass is 32.1. The van der Waals surface area contributed by atoms with Crippen LogP contribution >= 0.6 is 11.3 Å². The van der Waals surface area contributed by atoms with Gasteiger partial charge in [0.05, 0.1) is 17.0 Å². The van der Waals surface area contributed by atoms with Crippen LogP contribution in [0.4, 0.5) is 21.2 Å². The number of aliphatic carboxylic acids is 1. The molecule has 12 nitrogen and oxygen atoms in total. The first-order chi connectivity index (χ1) is 13.2. The van der Waals surface area contributed by atoms with E-state index < -0.39 is 28.8 Å². The zero-order valence-corrected chi connectivity index (χ0v) is 14.6. The molecule has 0 aliphatic heterocycles. The summed E-state index contributed by atoms with van der Waals surface area (Å²) in [6.07, 6.45) is 0. The number of urea groups is 1. The molecule has 0 bridgehead atoms. The van der Waals surface area contributed by atoms with Crippen LogP contribution in [0.2, 0.25) is 0 Å². The van der Waals surface area contributed by atoms with E-state index in [1.54, 1.807) is 0 Å². The summed E-state index contributed by atoms with van der Waals surface area (Å²) in [5, 5.41) is 35.0. The summed E-state index contributed by atoms with van der Waals surface area (Å²) < 4.78 is 0. The number of nitro groups is 1. The van der Waals surface area contributed by atoms with Gasteiger partial charge in [-0.3, -0.25) is 14.9 Å². The number of rotatable bonds is 6. The molecule has 13 heteroatoms. The predicted molar refractivity (Wildman–Crippen MR) is 96.5 cm³/mol. The van der Waals surface area contributed by atoms with Crippen LogP contribution in [0.3, 0.4) is 0 Å². The van der Waals surface area contributed by atoms with Crippen molar-refractivity contribution in [3.8, 4) is 0 Å². The first-order valence-electron chi connectivity index (χ1n) is 7.37. The summed E-state index contributed by atoms with van der Waals surface area (Å²) in [6.45, 7) is -0.104. The maximum absolute atomic E-state index is 11.9. The van der Waals surface area contributed by atoms with E-state index in [1.165, 1.54) is 30.3 Å². The Labute approximate surface area is 159 Å². The second-order valence-corrected chi connectivity index (χ2v) is 6.27. The molecule has 2 rings (SSSR count). The van der Waals surface area contributed by atoms with Gasteiger partial charge in [0.15, 0.2) is 0 Å². The number of carbonyl (C=O) groups is 4. The molecule has 3 amide bonds. The molecule has 28 heavy (non-hydrogen) atoms. The molecule has 5 N–H and O–H groups in total. The molecule has 0 spiro atoms. The van der Waals surface area contributed by atoms with E-state index in [0.717, 1.165) is 11.3 Å². The zero-order chi connectivity index (χ0) is 20.8. The number of aromatic carboxylic acids is 1. The van der Waals surface area contributed by atoms with Crippen molar-refractivity contribution < 1.29 is 34.3 Å². The van der Waals surface area contributed by atoms with Gasteiger partial charge in [-0.25, -0.2) is 14.4 Å². The third kappa shape index (κ3) is 5.25. The lowest BCUT2D eigenvalue weighted by Gasteiger charge is -2.06. The summed E-state index contributed by atoms with van der Waals surface area (Å²) in [4.78, 5) is 55.2. The van der Waals surface area contributed by atoms with Crippen molar-refractivity contribution in [2.24, 2.45) is 0 Å². The maximum atomic E-state index is 11.9. The number of carbonyl (C=O) groups excluding carboxylic acids is 2. The van der Waals surface area contributed by atoms with Gasteiger partial charge in [0.2, 0.25) is 0 Å². The minimum atomic E-state index is -1.77. The van der Waals surface area contributed by atoms with Gasteiger partial charge in [-0.05, 0) is 18.2 Å². The van der Waals surface area contributed by atoms with Crippen LogP contribution in [-0.2, 0) is 16.1 Å². The number of non-ortho nitro benzene ring substituents is 1. The monoisotopic (exact) mass is 408 g/mol. The van der Waals surface area contributed by atoms with Crippen molar-refractivity contribution in [3.63, 3.8) is 0 Å². The lowest BCUT2D eigenvalue weighted by Crippen LogP contribution is -2.27. The molecule has 1 aromatic heterocycles. The van der Waals surface area contributed by atoms with Crippen LogP contribution in [-0.4, -0.2) is 39.0 Å². The molecule has 0 radical (unpaired) electrons. The van der Waals surface area contributed by atoms with Gasteiger partial charge in [-0.1, -0.05) is 0 Å². The average Bonchev–Trinajstić information content (AvgIpc) is 3.03. The third-order valence-electron chi connectivity index (χ3n) is 3.19. The summed E-state index contributed by atoms with van der Waals surface area (Å²) in [5.74, 6) is -4.54. The maximum Gasteiger partial charge on any atom is 0.394 e. The number of nitrogens with zero attached hydrogens (tertiary/aromatic N) is 1. The van der Waals surface area contributed by atoms with Crippen LogP contribution in [0.25, 0.3) is 0 Å². The number of nitrogens with one attached hydrogen (secondary N) is 3. The Morgan fingerprint density at radius 1 is 1.07 bits per heavy atom. The average molecular weight is 408 g/mol. The smallest absolute Gasteiger partial charge is 0.394 e. The van der Waals surface area contributed by atoms with Crippen LogP contribution in [0.5, 0.6) is 0 Å². The number of anilines is 2. The van der Waals surface area contributed by atoms with Crippen LogP contribution < -0.4 is 16.0 Å². The molecule has 2 aromatic rings. The molecule has 1 heterocycles. The Balaban J connectivity index is 2.00. The van der Waals surface area contributed by atoms with E-state index in [-0.39, 0.29) is 22.8 Å². The minimum absolute atomic E-state index is 0.104. The van der Waals surface area contributed by atoms with Crippen LogP contribution in [0.1, 0.15) is 15.2 Å². The number of benzene rings is 1. The molecule has 1 aromatic carbocycles. The number of hydrogen-bond donors (Lipinski definition) is 5. The zero-order valence-electron chi connectivity index (χ0n) is 13.8. The number of carboxylic acids is 2. The normalized spacial score (nSPS) is 10.0. The van der Waals surface area contributed by atoms with E-state index >= 15 is 0 Å². The van der Waals surface area contributed by atoms with E-state index in [0.29, 0.717) is 10.6 Å². The van der Waals surface area contributed by atoms with Crippen molar-refractivity contribution in [2.45, 2.75) is 6.54 Å². The Morgan fingerprint density at radius 3 is 2.25 bits per heavy atom. The SMILES string of the molecule is O=C(NCc1cc(C(=O)O)c(NC(=O)C(=O)O)s1)Nc1ccc([N+](=O)[O-])cc1. The van der Waals surface area contributed by atoms with Crippen LogP contribution in [0.15, 0.2) is 30.3 Å². The number of nitro benzene ring substituents is 1. The molecule has 0 saturated heterocycles. The van der Waals surface area contributed by atoms with Gasteiger partial charge in [0.25, 0.3) is 5.69 Å². The number of thiophene rings is 1. The largest absolute Gasteiger partial charge is 0.478 e. The summed E-state index contributed by atoms with van der Waals surface area (Å²) in [7, 11) is 0. The van der Waals surface area contributed by atoms with Crippen molar-refractivity contribution >= 4 is 51.6 Å². The fourth-order valence-corrected chi connectivity index (χ4v) is 2.93. The molecular formula is C15H12N4O8S. The van der Waals surface area contributed by atoms with E-state index in [2.05, 4.69) is 10.6 Å². The quantitative estimate of drug-likeness (QED) is 0.271. The van der Waals surface area contributed by atoms with Gasteiger partial charge in [0, 0.05) is 22.7 Å². The molecule has 0 aliphatic rings. The molecule has 146 valence electrons. The lowest BCUT2D eigenvalue weighted by atomic mass is 10.3. The van der Waals surface area contributed by atoms with E-state index in [4.69, 9.17) is 10.2 Å².